The van der Waals surface area contributed by atoms with E-state index in [1.54, 1.807) is 16.2 Å². The summed E-state index contributed by atoms with van der Waals surface area (Å²) in [5.74, 6) is -1.14. The molecule has 41 heavy (non-hydrogen) atoms. The molecule has 7 nitrogen and oxygen atoms in total. The normalized spacial score (nSPS) is 16.3. The van der Waals surface area contributed by atoms with Crippen LogP contribution in [0.4, 0.5) is 5.69 Å². The molecule has 0 unspecified atom stereocenters. The second-order valence-electron chi connectivity index (χ2n) is 9.84. The molecule has 2 aromatic carbocycles. The summed E-state index contributed by atoms with van der Waals surface area (Å²) >= 11 is 11.4. The lowest BCUT2D eigenvalue weighted by atomic mass is 9.81. The Labute approximate surface area is 260 Å². The number of fused-ring (bicyclic) bond motifs is 2. The lowest BCUT2D eigenvalue weighted by molar-refractivity contribution is -0.138. The number of thiazole rings is 1. The lowest BCUT2D eigenvalue weighted by Crippen LogP contribution is -2.56. The first-order chi connectivity index (χ1) is 19.5. The van der Waals surface area contributed by atoms with Crippen molar-refractivity contribution in [3.05, 3.63) is 67.1 Å². The molecule has 0 aliphatic carbocycles. The Morgan fingerprint density at radius 2 is 1.66 bits per heavy atom. The molecule has 0 radical (unpaired) electrons. The Balaban J connectivity index is 1.57. The van der Waals surface area contributed by atoms with Gasteiger partial charge in [0.1, 0.15) is 9.81 Å². The van der Waals surface area contributed by atoms with Crippen molar-refractivity contribution in [1.82, 2.24) is 4.98 Å². The van der Waals surface area contributed by atoms with E-state index in [1.807, 2.05) is 64.1 Å². The highest BCUT2D eigenvalue weighted by Crippen LogP contribution is 2.56. The van der Waals surface area contributed by atoms with E-state index in [9.17, 15) is 14.4 Å². The fourth-order valence-corrected chi connectivity index (χ4v) is 9.80. The molecule has 0 saturated carbocycles. The van der Waals surface area contributed by atoms with Gasteiger partial charge in [0.25, 0.3) is 0 Å². The van der Waals surface area contributed by atoms with Crippen LogP contribution >= 0.6 is 58.8 Å². The number of carbonyl (C=O) groups excluding carboxylic acids is 3. The zero-order valence-electron chi connectivity index (χ0n) is 23.1. The number of thiocarbonyl (C=S) groups is 1. The quantitative estimate of drug-likeness (QED) is 0.127. The highest BCUT2D eigenvalue weighted by molar-refractivity contribution is 8.29. The van der Waals surface area contributed by atoms with Crippen LogP contribution in [0.3, 0.4) is 0 Å². The van der Waals surface area contributed by atoms with E-state index < -0.39 is 17.5 Å². The van der Waals surface area contributed by atoms with Gasteiger partial charge in [-0.05, 0) is 51.5 Å². The lowest BCUT2D eigenvalue weighted by Gasteiger charge is -2.46. The van der Waals surface area contributed by atoms with Gasteiger partial charge in [0.05, 0.1) is 50.5 Å². The van der Waals surface area contributed by atoms with E-state index >= 15 is 0 Å². The number of para-hydroxylation sites is 1. The number of esters is 2. The van der Waals surface area contributed by atoms with E-state index in [1.165, 1.54) is 26.0 Å². The van der Waals surface area contributed by atoms with Gasteiger partial charge >= 0.3 is 11.9 Å². The summed E-state index contributed by atoms with van der Waals surface area (Å²) in [5.41, 5.74) is 4.24. The van der Waals surface area contributed by atoms with E-state index in [0.29, 0.717) is 9.10 Å². The van der Waals surface area contributed by atoms with Crippen LogP contribution in [0.2, 0.25) is 0 Å². The molecule has 1 aromatic heterocycles. The number of aryl methyl sites for hydroxylation is 2. The zero-order valence-corrected chi connectivity index (χ0v) is 27.2. The standard InChI is InChI=1S/C29H26N2O5S5/c1-14-11-15(2)21-16(12-14)20(27-40-22(25(33)35-5)23(41-27)26(34)36-6)24(37)29(3,4)31(21)19(32)13-38-28-30-17-9-7-8-10-18(17)39-28/h7-12H,13H2,1-6H3. The van der Waals surface area contributed by atoms with Crippen LogP contribution in [0, 0.1) is 13.8 Å². The summed E-state index contributed by atoms with van der Waals surface area (Å²) < 4.78 is 12.5. The maximum Gasteiger partial charge on any atom is 0.346 e. The van der Waals surface area contributed by atoms with E-state index in [2.05, 4.69) is 4.98 Å². The second kappa shape index (κ2) is 11.6. The van der Waals surface area contributed by atoms with Gasteiger partial charge in [-0.25, -0.2) is 14.6 Å². The molecule has 0 saturated heterocycles. The first-order valence-electron chi connectivity index (χ1n) is 12.5. The van der Waals surface area contributed by atoms with E-state index in [4.69, 9.17) is 21.7 Å². The van der Waals surface area contributed by atoms with Crippen LogP contribution in [0.25, 0.3) is 15.8 Å². The number of hydrogen-bond donors (Lipinski definition) is 0. The van der Waals surface area contributed by atoms with Crippen LogP contribution in [0.5, 0.6) is 0 Å². The SMILES string of the molecule is COC(=O)C1=C(C(=O)OC)SC(=C2C(=S)C(C)(C)N(C(=O)CSc3nc4ccccc4s3)c3c(C)cc(C)cc32)S1. The predicted octanol–water partition coefficient (Wildman–Crippen LogP) is 6.91. The molecule has 0 atom stereocenters. The fourth-order valence-electron chi connectivity index (χ4n) is 4.85. The molecule has 3 aromatic rings. The summed E-state index contributed by atoms with van der Waals surface area (Å²) in [6.07, 6.45) is 0. The molecule has 0 spiro atoms. The van der Waals surface area contributed by atoms with Crippen molar-refractivity contribution in [1.29, 1.82) is 0 Å². The van der Waals surface area contributed by atoms with Gasteiger partial charge < -0.3 is 14.4 Å². The maximum absolute atomic E-state index is 14.0. The molecule has 12 heteroatoms. The minimum Gasteiger partial charge on any atom is -0.465 e. The first kappa shape index (κ1) is 29.8. The third-order valence-corrected chi connectivity index (χ3v) is 12.1. The average Bonchev–Trinajstić information content (AvgIpc) is 3.56. The van der Waals surface area contributed by atoms with Gasteiger partial charge in [-0.3, -0.25) is 4.79 Å². The number of methoxy groups -OCH3 is 2. The Bertz CT molecular complexity index is 1640. The number of anilines is 1. The molecule has 0 N–H and O–H groups in total. The van der Waals surface area contributed by atoms with Crippen molar-refractivity contribution in [3.8, 4) is 0 Å². The van der Waals surface area contributed by atoms with Gasteiger partial charge in [-0.1, -0.05) is 71.3 Å². The number of amides is 1. The molecule has 2 aliphatic rings. The van der Waals surface area contributed by atoms with Crippen molar-refractivity contribution < 1.29 is 23.9 Å². The molecule has 5 rings (SSSR count). The van der Waals surface area contributed by atoms with Gasteiger partial charge in [0, 0.05) is 11.1 Å². The van der Waals surface area contributed by atoms with Crippen molar-refractivity contribution in [2.45, 2.75) is 37.6 Å². The summed E-state index contributed by atoms with van der Waals surface area (Å²) in [6.45, 7) is 7.82. The summed E-state index contributed by atoms with van der Waals surface area (Å²) in [4.78, 5) is 46.5. The number of rotatable bonds is 5. The highest BCUT2D eigenvalue weighted by atomic mass is 32.2. The monoisotopic (exact) mass is 642 g/mol. The number of thioether (sulfide) groups is 3. The number of benzene rings is 2. The van der Waals surface area contributed by atoms with Crippen LogP contribution in [0.1, 0.15) is 30.5 Å². The van der Waals surface area contributed by atoms with Gasteiger partial charge in [0.15, 0.2) is 4.34 Å². The van der Waals surface area contributed by atoms with Crippen LogP contribution < -0.4 is 4.90 Å². The van der Waals surface area contributed by atoms with Crippen molar-refractivity contribution in [3.63, 3.8) is 0 Å². The molecule has 2 aliphatic heterocycles. The Kier molecular flexibility index (Phi) is 8.41. The number of nitrogens with zero attached hydrogens (tertiary/aromatic N) is 2. The molecular formula is C29H26N2O5S5. The smallest absolute Gasteiger partial charge is 0.346 e. The number of hydrogen-bond acceptors (Lipinski definition) is 11. The topological polar surface area (TPSA) is 85.8 Å². The van der Waals surface area contributed by atoms with Crippen molar-refractivity contribution >= 4 is 103 Å². The molecule has 1 amide bonds. The van der Waals surface area contributed by atoms with E-state index in [-0.39, 0.29) is 21.5 Å². The minimum atomic E-state index is -0.878. The summed E-state index contributed by atoms with van der Waals surface area (Å²) in [5, 5.41) is 0. The Hall–Kier alpha value is -2.64. The summed E-state index contributed by atoms with van der Waals surface area (Å²) in [6, 6.07) is 12.0. The first-order valence-corrected chi connectivity index (χ1v) is 16.3. The van der Waals surface area contributed by atoms with Crippen molar-refractivity contribution in [2.24, 2.45) is 0 Å². The zero-order chi connectivity index (χ0) is 29.6. The average molecular weight is 643 g/mol. The third kappa shape index (κ3) is 5.36. The largest absolute Gasteiger partial charge is 0.465 e. The third-order valence-electron chi connectivity index (χ3n) is 6.66. The number of carbonyl (C=O) groups is 3. The fraction of sp³-hybridized carbons (Fsp3) is 0.276. The molecule has 212 valence electrons. The molecule has 0 bridgehead atoms. The second-order valence-corrected chi connectivity index (χ2v) is 14.8. The van der Waals surface area contributed by atoms with Crippen LogP contribution in [-0.4, -0.2) is 53.2 Å². The molecular weight excluding hydrogens is 617 g/mol. The van der Waals surface area contributed by atoms with Crippen LogP contribution in [0.15, 0.2) is 54.8 Å². The Morgan fingerprint density at radius 1 is 1.02 bits per heavy atom. The van der Waals surface area contributed by atoms with E-state index in [0.717, 1.165) is 66.0 Å². The van der Waals surface area contributed by atoms with Gasteiger partial charge in [-0.2, -0.15) is 0 Å². The predicted molar refractivity (Wildman–Crippen MR) is 174 cm³/mol. The Morgan fingerprint density at radius 3 is 2.27 bits per heavy atom. The maximum atomic E-state index is 14.0. The van der Waals surface area contributed by atoms with Crippen molar-refractivity contribution in [2.75, 3.05) is 24.9 Å². The summed E-state index contributed by atoms with van der Waals surface area (Å²) in [7, 11) is 2.54. The minimum absolute atomic E-state index is 0.0887. The number of aromatic nitrogens is 1. The van der Waals surface area contributed by atoms with Gasteiger partial charge in [-0.15, -0.1) is 11.3 Å². The molecule has 0 fully saturated rings. The van der Waals surface area contributed by atoms with Gasteiger partial charge in [0.2, 0.25) is 5.91 Å². The molecule has 3 heterocycles. The highest BCUT2D eigenvalue weighted by Gasteiger charge is 2.46. The number of ether oxygens (including phenoxy) is 2. The van der Waals surface area contributed by atoms with Crippen LogP contribution in [-0.2, 0) is 23.9 Å².